The van der Waals surface area contributed by atoms with Crippen molar-refractivity contribution >= 4 is 28.6 Å². The summed E-state index contributed by atoms with van der Waals surface area (Å²) in [6, 6.07) is 0.210. The van der Waals surface area contributed by atoms with Gasteiger partial charge in [0.1, 0.15) is 4.48 Å². The second-order valence-corrected chi connectivity index (χ2v) is 3.87. The third-order valence-electron chi connectivity index (χ3n) is 1.98. The molecule has 0 aromatic rings. The standard InChI is InChI=1S/C9H13BrN2O2/c1-11-6-8(10)9(13)12-7-2-4-14-5-3-7/h6-7H,1-5H2,(H,12,13)/b8-6+. The molecule has 0 aromatic carbocycles. The Morgan fingerprint density at radius 2 is 2.21 bits per heavy atom. The predicted octanol–water partition coefficient (Wildman–Crippen LogP) is 1.22. The van der Waals surface area contributed by atoms with Gasteiger partial charge in [-0.15, -0.1) is 0 Å². The lowest BCUT2D eigenvalue weighted by atomic mass is 10.1. The van der Waals surface area contributed by atoms with E-state index in [0.717, 1.165) is 12.8 Å². The first-order valence-corrected chi connectivity index (χ1v) is 5.23. The average Bonchev–Trinajstić information content (AvgIpc) is 2.19. The van der Waals surface area contributed by atoms with Crippen LogP contribution in [0.1, 0.15) is 12.8 Å². The number of carbonyl (C=O) groups is 1. The second-order valence-electron chi connectivity index (χ2n) is 3.02. The van der Waals surface area contributed by atoms with E-state index in [4.69, 9.17) is 4.74 Å². The predicted molar refractivity (Wildman–Crippen MR) is 58.5 cm³/mol. The number of rotatable bonds is 3. The van der Waals surface area contributed by atoms with Crippen molar-refractivity contribution in [1.29, 1.82) is 0 Å². The summed E-state index contributed by atoms with van der Waals surface area (Å²) in [5, 5.41) is 2.88. The minimum Gasteiger partial charge on any atom is -0.381 e. The van der Waals surface area contributed by atoms with Gasteiger partial charge in [-0.1, -0.05) is 0 Å². The third-order valence-corrected chi connectivity index (χ3v) is 2.54. The fraction of sp³-hybridized carbons (Fsp3) is 0.556. The normalized spacial score (nSPS) is 19.1. The second kappa shape index (κ2) is 5.93. The van der Waals surface area contributed by atoms with Gasteiger partial charge in [-0.3, -0.25) is 9.79 Å². The van der Waals surface area contributed by atoms with Crippen LogP contribution >= 0.6 is 15.9 Å². The molecule has 1 aliphatic rings. The number of ether oxygens (including phenoxy) is 1. The third kappa shape index (κ3) is 3.59. The van der Waals surface area contributed by atoms with E-state index in [1.54, 1.807) is 0 Å². The molecule has 1 fully saturated rings. The van der Waals surface area contributed by atoms with Crippen molar-refractivity contribution in [2.45, 2.75) is 18.9 Å². The summed E-state index contributed by atoms with van der Waals surface area (Å²) in [5.41, 5.74) is 0. The molecular formula is C9H13BrN2O2. The molecule has 1 amide bonds. The molecule has 0 saturated carbocycles. The number of nitrogens with zero attached hydrogens (tertiary/aromatic N) is 1. The van der Waals surface area contributed by atoms with Crippen LogP contribution in [0.2, 0.25) is 0 Å². The van der Waals surface area contributed by atoms with Crippen LogP contribution in [0.3, 0.4) is 0 Å². The Kier molecular flexibility index (Phi) is 4.82. The van der Waals surface area contributed by atoms with Crippen molar-refractivity contribution in [2.24, 2.45) is 4.99 Å². The highest BCUT2D eigenvalue weighted by molar-refractivity contribution is 9.12. The Balaban J connectivity index is 2.39. The van der Waals surface area contributed by atoms with Gasteiger partial charge in [0.25, 0.3) is 5.91 Å². The molecular weight excluding hydrogens is 248 g/mol. The van der Waals surface area contributed by atoms with E-state index >= 15 is 0 Å². The molecule has 1 heterocycles. The largest absolute Gasteiger partial charge is 0.381 e. The quantitative estimate of drug-likeness (QED) is 0.613. The zero-order chi connectivity index (χ0) is 10.4. The van der Waals surface area contributed by atoms with Crippen LogP contribution in [0, 0.1) is 0 Å². The van der Waals surface area contributed by atoms with E-state index in [9.17, 15) is 4.79 Å². The fourth-order valence-electron chi connectivity index (χ4n) is 1.24. The maximum absolute atomic E-state index is 11.4. The molecule has 5 heteroatoms. The van der Waals surface area contributed by atoms with Gasteiger partial charge in [0, 0.05) is 25.5 Å². The van der Waals surface area contributed by atoms with Crippen molar-refractivity contribution in [3.8, 4) is 0 Å². The topological polar surface area (TPSA) is 50.7 Å². The van der Waals surface area contributed by atoms with Crippen LogP contribution in [0.25, 0.3) is 0 Å². The number of aliphatic imine (C=N–C) groups is 1. The molecule has 4 nitrogen and oxygen atoms in total. The molecule has 1 rings (SSSR count). The number of halogens is 1. The molecule has 1 N–H and O–H groups in total. The summed E-state index contributed by atoms with van der Waals surface area (Å²) in [7, 11) is 0. The van der Waals surface area contributed by atoms with Crippen LogP contribution in [0.15, 0.2) is 15.7 Å². The highest BCUT2D eigenvalue weighted by Gasteiger charge is 2.16. The number of nitrogens with one attached hydrogen (secondary N) is 1. The van der Waals surface area contributed by atoms with Gasteiger partial charge >= 0.3 is 0 Å². The molecule has 0 bridgehead atoms. The summed E-state index contributed by atoms with van der Waals surface area (Å²) < 4.78 is 5.58. The smallest absolute Gasteiger partial charge is 0.260 e. The van der Waals surface area contributed by atoms with Gasteiger partial charge in [-0.25, -0.2) is 0 Å². The van der Waals surface area contributed by atoms with E-state index in [2.05, 4.69) is 33.0 Å². The Bertz CT molecular complexity index is 247. The number of hydrogen-bond donors (Lipinski definition) is 1. The van der Waals surface area contributed by atoms with Gasteiger partial charge in [0.2, 0.25) is 0 Å². The number of amides is 1. The zero-order valence-electron chi connectivity index (χ0n) is 7.83. The van der Waals surface area contributed by atoms with E-state index in [0.29, 0.717) is 17.7 Å². The lowest BCUT2D eigenvalue weighted by molar-refractivity contribution is -0.118. The number of hydrogen-bond acceptors (Lipinski definition) is 3. The van der Waals surface area contributed by atoms with Crippen molar-refractivity contribution in [2.75, 3.05) is 13.2 Å². The highest BCUT2D eigenvalue weighted by Crippen LogP contribution is 2.10. The molecule has 0 aliphatic carbocycles. The minimum absolute atomic E-state index is 0.149. The Hall–Kier alpha value is -0.680. The summed E-state index contributed by atoms with van der Waals surface area (Å²) in [4.78, 5) is 15.0. The van der Waals surface area contributed by atoms with Gasteiger partial charge in [0.05, 0.1) is 0 Å². The average molecular weight is 261 g/mol. The van der Waals surface area contributed by atoms with Crippen LogP contribution in [-0.2, 0) is 9.53 Å². The summed E-state index contributed by atoms with van der Waals surface area (Å²) in [6.45, 7) is 4.70. The molecule has 1 saturated heterocycles. The Labute approximate surface area is 91.6 Å². The lowest BCUT2D eigenvalue weighted by Gasteiger charge is -2.22. The molecule has 0 unspecified atom stereocenters. The van der Waals surface area contributed by atoms with Gasteiger partial charge in [0.15, 0.2) is 0 Å². The molecule has 0 aromatic heterocycles. The first kappa shape index (κ1) is 11.4. The Morgan fingerprint density at radius 1 is 1.57 bits per heavy atom. The van der Waals surface area contributed by atoms with Crippen LogP contribution in [0.5, 0.6) is 0 Å². The van der Waals surface area contributed by atoms with Crippen molar-refractivity contribution in [3.63, 3.8) is 0 Å². The first-order valence-electron chi connectivity index (χ1n) is 4.44. The minimum atomic E-state index is -0.149. The maximum atomic E-state index is 11.4. The van der Waals surface area contributed by atoms with Gasteiger partial charge in [-0.05, 0) is 35.5 Å². The SMILES string of the molecule is C=N/C=C(/Br)C(=O)NC1CCOCC1. The summed E-state index contributed by atoms with van der Waals surface area (Å²) in [6.07, 6.45) is 3.12. The molecule has 0 atom stereocenters. The van der Waals surface area contributed by atoms with E-state index in [-0.39, 0.29) is 11.9 Å². The van der Waals surface area contributed by atoms with E-state index in [1.165, 1.54) is 6.20 Å². The van der Waals surface area contributed by atoms with Crippen LogP contribution in [0.4, 0.5) is 0 Å². The lowest BCUT2D eigenvalue weighted by Crippen LogP contribution is -2.38. The van der Waals surface area contributed by atoms with Crippen molar-refractivity contribution in [1.82, 2.24) is 5.32 Å². The van der Waals surface area contributed by atoms with Crippen LogP contribution in [-0.4, -0.2) is 31.9 Å². The van der Waals surface area contributed by atoms with E-state index in [1.807, 2.05) is 0 Å². The van der Waals surface area contributed by atoms with Gasteiger partial charge < -0.3 is 10.1 Å². The first-order chi connectivity index (χ1) is 6.74. The summed E-state index contributed by atoms with van der Waals surface area (Å²) >= 11 is 3.11. The summed E-state index contributed by atoms with van der Waals surface area (Å²) in [5.74, 6) is -0.149. The molecule has 0 spiro atoms. The number of carbonyl (C=O) groups excluding carboxylic acids is 1. The highest BCUT2D eigenvalue weighted by atomic mass is 79.9. The zero-order valence-corrected chi connectivity index (χ0v) is 9.42. The van der Waals surface area contributed by atoms with Crippen LogP contribution < -0.4 is 5.32 Å². The Morgan fingerprint density at radius 3 is 2.79 bits per heavy atom. The van der Waals surface area contributed by atoms with E-state index < -0.39 is 0 Å². The molecule has 14 heavy (non-hydrogen) atoms. The molecule has 0 radical (unpaired) electrons. The fourth-order valence-corrected chi connectivity index (χ4v) is 1.49. The molecule has 78 valence electrons. The van der Waals surface area contributed by atoms with Crippen molar-refractivity contribution in [3.05, 3.63) is 10.7 Å². The van der Waals surface area contributed by atoms with Gasteiger partial charge in [-0.2, -0.15) is 0 Å². The van der Waals surface area contributed by atoms with Crippen molar-refractivity contribution < 1.29 is 9.53 Å². The molecule has 1 aliphatic heterocycles. The maximum Gasteiger partial charge on any atom is 0.260 e. The monoisotopic (exact) mass is 260 g/mol.